The number of amides is 1. The Labute approximate surface area is 266 Å². The summed E-state index contributed by atoms with van der Waals surface area (Å²) < 4.78 is 13.5. The number of carbonyl (C=O) groups is 1. The molecule has 2 aliphatic rings. The molecule has 2 aromatic carbocycles. The Morgan fingerprint density at radius 1 is 1.04 bits per heavy atom. The molecule has 1 fully saturated rings. The Hall–Kier alpha value is -4.25. The molecule has 2 N–H and O–H groups in total. The van der Waals surface area contributed by atoms with Crippen LogP contribution in [0, 0.1) is 6.92 Å². The highest BCUT2D eigenvalue weighted by Crippen LogP contribution is 2.42. The van der Waals surface area contributed by atoms with Gasteiger partial charge in [0.2, 0.25) is 5.88 Å². The van der Waals surface area contributed by atoms with Crippen molar-refractivity contribution in [2.24, 2.45) is 14.1 Å². The minimum Gasteiger partial charge on any atom is -0.481 e. The van der Waals surface area contributed by atoms with E-state index in [1.807, 2.05) is 31.2 Å². The first-order valence-electron chi connectivity index (χ1n) is 15.1. The lowest BCUT2D eigenvalue weighted by atomic mass is 9.93. The fourth-order valence-electron chi connectivity index (χ4n) is 6.41. The maximum Gasteiger partial charge on any atom is 0.330 e. The highest BCUT2D eigenvalue weighted by atomic mass is 35.5. The van der Waals surface area contributed by atoms with Crippen LogP contribution in [-0.4, -0.2) is 46.4 Å². The molecule has 1 aliphatic heterocycles. The predicted octanol–water partition coefficient (Wildman–Crippen LogP) is 4.79. The number of fused-ring (bicyclic) bond motifs is 1. The molecule has 11 heteroatoms. The predicted molar refractivity (Wildman–Crippen MR) is 174 cm³/mol. The third-order valence-electron chi connectivity index (χ3n) is 8.85. The number of ether oxygens (including phenoxy) is 2. The van der Waals surface area contributed by atoms with Crippen molar-refractivity contribution in [3.63, 3.8) is 0 Å². The molecule has 45 heavy (non-hydrogen) atoms. The van der Waals surface area contributed by atoms with Crippen LogP contribution < -0.4 is 26.6 Å². The van der Waals surface area contributed by atoms with E-state index in [1.54, 1.807) is 19.2 Å². The maximum absolute atomic E-state index is 13.1. The molecule has 3 heterocycles. The largest absolute Gasteiger partial charge is 0.481 e. The van der Waals surface area contributed by atoms with Crippen molar-refractivity contribution in [2.75, 3.05) is 25.6 Å². The van der Waals surface area contributed by atoms with Crippen LogP contribution in [0.25, 0.3) is 22.4 Å². The number of aryl methyl sites for hydroxylation is 2. The number of nitrogens with zero attached hydrogens (tertiary/aromatic N) is 3. The number of anilines is 1. The van der Waals surface area contributed by atoms with Crippen molar-refractivity contribution in [1.29, 1.82) is 0 Å². The quantitative estimate of drug-likeness (QED) is 0.302. The molecule has 1 amide bonds. The Kier molecular flexibility index (Phi) is 8.63. The molecule has 1 saturated heterocycles. The highest BCUT2D eigenvalue weighted by molar-refractivity contribution is 6.36. The molecule has 0 bridgehead atoms. The van der Waals surface area contributed by atoms with Crippen LogP contribution in [-0.2, 0) is 25.3 Å². The van der Waals surface area contributed by atoms with E-state index < -0.39 is 17.2 Å². The molecule has 0 unspecified atom stereocenters. The van der Waals surface area contributed by atoms with Crippen LogP contribution >= 0.6 is 11.6 Å². The molecule has 2 aromatic heterocycles. The van der Waals surface area contributed by atoms with Gasteiger partial charge in [-0.15, -0.1) is 0 Å². The number of methoxy groups -OCH3 is 1. The van der Waals surface area contributed by atoms with Crippen molar-refractivity contribution in [3.8, 4) is 28.3 Å². The molecule has 10 nitrogen and oxygen atoms in total. The van der Waals surface area contributed by atoms with Crippen molar-refractivity contribution < 1.29 is 14.3 Å². The fourth-order valence-corrected chi connectivity index (χ4v) is 6.69. The summed E-state index contributed by atoms with van der Waals surface area (Å²) in [7, 11) is 4.48. The van der Waals surface area contributed by atoms with Crippen molar-refractivity contribution >= 4 is 23.2 Å². The van der Waals surface area contributed by atoms with Crippen LogP contribution in [0.4, 0.5) is 5.69 Å². The Morgan fingerprint density at radius 3 is 2.51 bits per heavy atom. The third-order valence-corrected chi connectivity index (χ3v) is 9.26. The Bertz CT molecular complexity index is 1910. The van der Waals surface area contributed by atoms with Crippen LogP contribution in [0.1, 0.15) is 52.4 Å². The maximum atomic E-state index is 13.1. The van der Waals surface area contributed by atoms with Gasteiger partial charge in [-0.25, -0.2) is 9.78 Å². The van der Waals surface area contributed by atoms with Gasteiger partial charge in [0.25, 0.3) is 11.5 Å². The molecule has 0 spiro atoms. The van der Waals surface area contributed by atoms with Gasteiger partial charge >= 0.3 is 5.69 Å². The van der Waals surface area contributed by atoms with Gasteiger partial charge in [0.1, 0.15) is 5.56 Å². The van der Waals surface area contributed by atoms with E-state index in [0.717, 1.165) is 77.0 Å². The van der Waals surface area contributed by atoms with Gasteiger partial charge in [-0.2, -0.15) is 0 Å². The smallest absolute Gasteiger partial charge is 0.330 e. The topological polar surface area (TPSA) is 116 Å². The number of pyridine rings is 1. The summed E-state index contributed by atoms with van der Waals surface area (Å²) in [6.07, 6.45) is 5.17. The summed E-state index contributed by atoms with van der Waals surface area (Å²) in [4.78, 5) is 42.8. The molecule has 234 valence electrons. The van der Waals surface area contributed by atoms with Crippen molar-refractivity contribution in [3.05, 3.63) is 96.8 Å². The summed E-state index contributed by atoms with van der Waals surface area (Å²) in [6.45, 7) is 3.60. The lowest BCUT2D eigenvalue weighted by Crippen LogP contribution is -2.40. The standard InChI is InChI=1S/C34H36ClN5O5/c1-19-22(24-9-6-10-27(30(24)35)37-31(41)25-18-39(2)34(43)40(3)33(25)42)7-5-8-23(19)28-17-20-11-12-26(29(20)32(38-28)44-4)36-21-13-15-45-16-14-21/h5-10,17-18,21,26,36H,11-16H2,1-4H3,(H,37,41)/t26-/m0/s1. The molecular formula is C34H36ClN5O5. The van der Waals surface area contributed by atoms with Crippen LogP contribution in [0.2, 0.25) is 5.02 Å². The molecule has 6 rings (SSSR count). The van der Waals surface area contributed by atoms with E-state index in [1.165, 1.54) is 30.4 Å². The second-order valence-corrected chi connectivity index (χ2v) is 12.0. The third kappa shape index (κ3) is 5.81. The zero-order valence-corrected chi connectivity index (χ0v) is 26.5. The van der Waals surface area contributed by atoms with E-state index in [2.05, 4.69) is 16.7 Å². The monoisotopic (exact) mass is 629 g/mol. The molecule has 4 aromatic rings. The van der Waals surface area contributed by atoms with E-state index >= 15 is 0 Å². The molecule has 1 aliphatic carbocycles. The number of hydrogen-bond donors (Lipinski definition) is 2. The summed E-state index contributed by atoms with van der Waals surface area (Å²) in [5.41, 5.74) is 5.70. The Balaban J connectivity index is 1.32. The number of halogens is 1. The first-order chi connectivity index (χ1) is 21.7. The zero-order chi connectivity index (χ0) is 31.8. The lowest BCUT2D eigenvalue weighted by Gasteiger charge is -2.27. The minimum atomic E-state index is -0.686. The lowest BCUT2D eigenvalue weighted by molar-refractivity contribution is 0.0747. The molecule has 0 saturated carbocycles. The number of benzene rings is 2. The number of rotatable bonds is 7. The SMILES string of the molecule is COc1nc(-c2cccc(-c3cccc(NC(=O)c4cn(C)c(=O)n(C)c4=O)c3Cl)c2C)cc2c1[C@@H](NC1CCOCC1)CC2. The van der Waals surface area contributed by atoms with Gasteiger partial charge in [-0.1, -0.05) is 41.9 Å². The van der Waals surface area contributed by atoms with E-state index in [4.69, 9.17) is 26.1 Å². The van der Waals surface area contributed by atoms with E-state index in [-0.39, 0.29) is 11.6 Å². The fraction of sp³-hybridized carbons (Fsp3) is 0.353. The van der Waals surface area contributed by atoms with Crippen LogP contribution in [0.5, 0.6) is 5.88 Å². The molecule has 1 atom stereocenters. The summed E-state index contributed by atoms with van der Waals surface area (Å²) in [5.74, 6) is -0.0172. The first kappa shape index (κ1) is 30.8. The zero-order valence-electron chi connectivity index (χ0n) is 25.8. The molecule has 0 radical (unpaired) electrons. The normalized spacial score (nSPS) is 16.4. The van der Waals surface area contributed by atoms with Crippen LogP contribution in [0.15, 0.2) is 58.3 Å². The first-order valence-corrected chi connectivity index (χ1v) is 15.4. The van der Waals surface area contributed by atoms with Gasteiger partial charge in [0.05, 0.1) is 23.5 Å². The second-order valence-electron chi connectivity index (χ2n) is 11.6. The van der Waals surface area contributed by atoms with Gasteiger partial charge in [0, 0.05) is 62.3 Å². The van der Waals surface area contributed by atoms with Gasteiger partial charge in [0.15, 0.2) is 0 Å². The average Bonchev–Trinajstić information content (AvgIpc) is 3.45. The number of aromatic nitrogens is 3. The van der Waals surface area contributed by atoms with E-state index in [9.17, 15) is 14.4 Å². The van der Waals surface area contributed by atoms with Crippen LogP contribution in [0.3, 0.4) is 0 Å². The number of carbonyl (C=O) groups excluding carboxylic acids is 1. The van der Waals surface area contributed by atoms with Gasteiger partial charge < -0.3 is 24.7 Å². The summed E-state index contributed by atoms with van der Waals surface area (Å²) in [5, 5.41) is 6.90. The summed E-state index contributed by atoms with van der Waals surface area (Å²) in [6, 6.07) is 14.1. The molecular weight excluding hydrogens is 594 g/mol. The van der Waals surface area contributed by atoms with Gasteiger partial charge in [-0.05, 0) is 61.4 Å². The minimum absolute atomic E-state index is 0.166. The average molecular weight is 630 g/mol. The number of nitrogens with one attached hydrogen (secondary N) is 2. The number of hydrogen-bond acceptors (Lipinski definition) is 7. The van der Waals surface area contributed by atoms with Crippen molar-refractivity contribution in [2.45, 2.75) is 44.7 Å². The van der Waals surface area contributed by atoms with Crippen molar-refractivity contribution in [1.82, 2.24) is 19.4 Å². The second kappa shape index (κ2) is 12.6. The summed E-state index contributed by atoms with van der Waals surface area (Å²) >= 11 is 6.89. The van der Waals surface area contributed by atoms with Gasteiger partial charge in [-0.3, -0.25) is 14.2 Å². The van der Waals surface area contributed by atoms with E-state index in [0.29, 0.717) is 22.6 Å². The Morgan fingerprint density at radius 2 is 1.76 bits per heavy atom. The highest BCUT2D eigenvalue weighted by Gasteiger charge is 2.31.